The normalized spacial score (nSPS) is 19.2. The molecule has 3 aromatic rings. The van der Waals surface area contributed by atoms with E-state index in [1.807, 2.05) is 23.3 Å². The van der Waals surface area contributed by atoms with Gasteiger partial charge in [0.15, 0.2) is 16.3 Å². The van der Waals surface area contributed by atoms with Gasteiger partial charge in [-0.05, 0) is 13.8 Å². The molecular formula is C19H22N8OS. The van der Waals surface area contributed by atoms with Crippen LogP contribution in [0.15, 0.2) is 23.7 Å². The fourth-order valence-electron chi connectivity index (χ4n) is 3.70. The standard InChI is InChI=1S/C19H22N8OS/c1-3-27-16(13-8-21-12(2)22-9-13)25-15-17(27)23-11-24-18(15)28-14-4-6-26(10-14)19-20-5-7-29-19/h8-9,11,14H,3-7,10H2,1-2H3/t14-/m0/s1. The van der Waals surface area contributed by atoms with Gasteiger partial charge in [0.1, 0.15) is 24.1 Å². The lowest BCUT2D eigenvalue weighted by atomic mass is 10.3. The van der Waals surface area contributed by atoms with Gasteiger partial charge in [0.2, 0.25) is 5.88 Å². The van der Waals surface area contributed by atoms with Crippen LogP contribution in [-0.4, -0.2) is 71.0 Å². The molecule has 1 saturated heterocycles. The van der Waals surface area contributed by atoms with E-state index in [2.05, 4.69) is 36.8 Å². The number of aryl methyl sites for hydroxylation is 2. The number of thioether (sulfide) groups is 1. The summed E-state index contributed by atoms with van der Waals surface area (Å²) in [6.07, 6.45) is 6.13. The Morgan fingerprint density at radius 1 is 1.21 bits per heavy atom. The largest absolute Gasteiger partial charge is 0.471 e. The van der Waals surface area contributed by atoms with E-state index in [4.69, 9.17) is 9.72 Å². The topological polar surface area (TPSA) is 94.2 Å². The first-order chi connectivity index (χ1) is 14.2. The van der Waals surface area contributed by atoms with E-state index in [1.54, 1.807) is 18.7 Å². The molecule has 1 fully saturated rings. The zero-order valence-corrected chi connectivity index (χ0v) is 17.3. The van der Waals surface area contributed by atoms with Crippen LogP contribution in [0.4, 0.5) is 0 Å². The Bertz CT molecular complexity index is 1060. The lowest BCUT2D eigenvalue weighted by Crippen LogP contribution is -2.28. The van der Waals surface area contributed by atoms with Crippen LogP contribution in [0, 0.1) is 6.92 Å². The Morgan fingerprint density at radius 2 is 2.07 bits per heavy atom. The van der Waals surface area contributed by atoms with Crippen LogP contribution in [0.3, 0.4) is 0 Å². The molecular weight excluding hydrogens is 388 g/mol. The summed E-state index contributed by atoms with van der Waals surface area (Å²) in [5, 5.41) is 1.14. The molecule has 3 aromatic heterocycles. The number of amidine groups is 1. The fourth-order valence-corrected chi connectivity index (χ4v) is 4.60. The van der Waals surface area contributed by atoms with E-state index in [0.29, 0.717) is 11.4 Å². The second-order valence-electron chi connectivity index (χ2n) is 7.04. The van der Waals surface area contributed by atoms with Crippen molar-refractivity contribution in [2.75, 3.05) is 25.4 Å². The molecule has 10 heteroatoms. The molecule has 0 saturated carbocycles. The van der Waals surface area contributed by atoms with Crippen LogP contribution >= 0.6 is 11.8 Å². The maximum Gasteiger partial charge on any atom is 0.245 e. The molecule has 0 N–H and O–H groups in total. The van der Waals surface area contributed by atoms with Gasteiger partial charge in [0, 0.05) is 37.7 Å². The van der Waals surface area contributed by atoms with Crippen molar-refractivity contribution in [1.82, 2.24) is 34.4 Å². The molecule has 5 heterocycles. The molecule has 0 unspecified atom stereocenters. The number of imidazole rings is 1. The molecule has 0 aliphatic carbocycles. The van der Waals surface area contributed by atoms with Gasteiger partial charge >= 0.3 is 0 Å². The van der Waals surface area contributed by atoms with Crippen molar-refractivity contribution in [2.45, 2.75) is 32.9 Å². The van der Waals surface area contributed by atoms with Crippen LogP contribution in [0.2, 0.25) is 0 Å². The number of aromatic nitrogens is 6. The van der Waals surface area contributed by atoms with Gasteiger partial charge in [0.05, 0.1) is 18.7 Å². The Kier molecular flexibility index (Phi) is 4.78. The van der Waals surface area contributed by atoms with Crippen molar-refractivity contribution >= 4 is 28.1 Å². The van der Waals surface area contributed by atoms with Gasteiger partial charge in [-0.3, -0.25) is 4.99 Å². The molecule has 0 bridgehead atoms. The number of hydrogen-bond acceptors (Lipinski definition) is 9. The quantitative estimate of drug-likeness (QED) is 0.646. The predicted molar refractivity (Wildman–Crippen MR) is 112 cm³/mol. The minimum atomic E-state index is 0.0648. The van der Waals surface area contributed by atoms with Crippen LogP contribution in [0.1, 0.15) is 19.2 Å². The SMILES string of the molecule is CCn1c(-c2cnc(C)nc2)nc2c(O[C@H]3CCN(C4=NCCS4)C3)ncnc21. The summed E-state index contributed by atoms with van der Waals surface area (Å²) in [7, 11) is 0. The highest BCUT2D eigenvalue weighted by Crippen LogP contribution is 2.29. The van der Waals surface area contributed by atoms with Gasteiger partial charge in [0.25, 0.3) is 0 Å². The van der Waals surface area contributed by atoms with Crippen molar-refractivity contribution in [2.24, 2.45) is 4.99 Å². The van der Waals surface area contributed by atoms with Gasteiger partial charge in [-0.1, -0.05) is 11.8 Å². The van der Waals surface area contributed by atoms with Crippen molar-refractivity contribution < 1.29 is 4.74 Å². The molecule has 5 rings (SSSR count). The number of rotatable bonds is 4. The molecule has 2 aliphatic rings. The van der Waals surface area contributed by atoms with E-state index in [-0.39, 0.29) is 6.10 Å². The lowest BCUT2D eigenvalue weighted by Gasteiger charge is -2.17. The highest BCUT2D eigenvalue weighted by atomic mass is 32.2. The second-order valence-corrected chi connectivity index (χ2v) is 8.10. The molecule has 150 valence electrons. The summed E-state index contributed by atoms with van der Waals surface area (Å²) in [6.45, 7) is 7.35. The summed E-state index contributed by atoms with van der Waals surface area (Å²) in [6, 6.07) is 0. The summed E-state index contributed by atoms with van der Waals surface area (Å²) < 4.78 is 8.33. The molecule has 29 heavy (non-hydrogen) atoms. The molecule has 0 aromatic carbocycles. The van der Waals surface area contributed by atoms with Crippen molar-refractivity contribution in [1.29, 1.82) is 0 Å². The highest BCUT2D eigenvalue weighted by molar-refractivity contribution is 8.14. The first-order valence-electron chi connectivity index (χ1n) is 9.82. The van der Waals surface area contributed by atoms with Gasteiger partial charge in [-0.15, -0.1) is 0 Å². The van der Waals surface area contributed by atoms with Crippen molar-refractivity contribution in [3.63, 3.8) is 0 Å². The summed E-state index contributed by atoms with van der Waals surface area (Å²) >= 11 is 1.82. The van der Waals surface area contributed by atoms with Crippen LogP contribution in [0.25, 0.3) is 22.6 Å². The zero-order valence-electron chi connectivity index (χ0n) is 16.4. The molecule has 0 spiro atoms. The second kappa shape index (κ2) is 7.58. The van der Waals surface area contributed by atoms with Gasteiger partial charge < -0.3 is 14.2 Å². The molecule has 9 nitrogen and oxygen atoms in total. The molecule has 0 radical (unpaired) electrons. The third kappa shape index (κ3) is 3.41. The van der Waals surface area contributed by atoms with Crippen LogP contribution in [0.5, 0.6) is 5.88 Å². The van der Waals surface area contributed by atoms with E-state index in [9.17, 15) is 0 Å². The first-order valence-corrected chi connectivity index (χ1v) is 10.8. The third-order valence-corrected chi connectivity index (χ3v) is 6.15. The number of aliphatic imine (C=N–C) groups is 1. The van der Waals surface area contributed by atoms with E-state index in [0.717, 1.165) is 66.4 Å². The predicted octanol–water partition coefficient (Wildman–Crippen LogP) is 2.17. The first kappa shape index (κ1) is 18.3. The molecule has 1 atom stereocenters. The summed E-state index contributed by atoms with van der Waals surface area (Å²) in [5.74, 6) is 3.11. The Morgan fingerprint density at radius 3 is 2.83 bits per heavy atom. The summed E-state index contributed by atoms with van der Waals surface area (Å²) in [4.78, 5) is 29.2. The average molecular weight is 411 g/mol. The number of likely N-dealkylation sites (tertiary alicyclic amines) is 1. The lowest BCUT2D eigenvalue weighted by molar-refractivity contribution is 0.208. The monoisotopic (exact) mass is 410 g/mol. The number of nitrogens with zero attached hydrogens (tertiary/aromatic N) is 8. The maximum atomic E-state index is 6.28. The molecule has 0 amide bonds. The Balaban J connectivity index is 1.45. The zero-order chi connectivity index (χ0) is 19.8. The smallest absolute Gasteiger partial charge is 0.245 e. The highest BCUT2D eigenvalue weighted by Gasteiger charge is 2.29. The summed E-state index contributed by atoms with van der Waals surface area (Å²) in [5.41, 5.74) is 2.29. The Hall–Kier alpha value is -2.75. The van der Waals surface area contributed by atoms with E-state index < -0.39 is 0 Å². The maximum absolute atomic E-state index is 6.28. The van der Waals surface area contributed by atoms with Gasteiger partial charge in [-0.2, -0.15) is 4.98 Å². The minimum Gasteiger partial charge on any atom is -0.471 e. The van der Waals surface area contributed by atoms with E-state index >= 15 is 0 Å². The van der Waals surface area contributed by atoms with E-state index in [1.165, 1.54) is 0 Å². The number of fused-ring (bicyclic) bond motifs is 1. The fraction of sp³-hybridized carbons (Fsp3) is 0.474. The Labute approximate surface area is 172 Å². The van der Waals surface area contributed by atoms with Crippen LogP contribution in [-0.2, 0) is 6.54 Å². The van der Waals surface area contributed by atoms with Crippen LogP contribution < -0.4 is 4.74 Å². The van der Waals surface area contributed by atoms with Crippen molar-refractivity contribution in [3.05, 3.63) is 24.5 Å². The number of ether oxygens (including phenoxy) is 1. The molecule has 2 aliphatic heterocycles. The number of hydrogen-bond donors (Lipinski definition) is 0. The average Bonchev–Trinajstić information content (AvgIpc) is 3.48. The third-order valence-electron chi connectivity index (χ3n) is 5.12. The van der Waals surface area contributed by atoms with Crippen molar-refractivity contribution in [3.8, 4) is 17.3 Å². The minimum absolute atomic E-state index is 0.0648. The van der Waals surface area contributed by atoms with Gasteiger partial charge in [-0.25, -0.2) is 19.9 Å².